The van der Waals surface area contributed by atoms with Crippen LogP contribution >= 0.6 is 0 Å². The number of nitrogens with zero attached hydrogens (tertiary/aromatic N) is 2. The lowest BCUT2D eigenvalue weighted by Crippen LogP contribution is -2.41. The van der Waals surface area contributed by atoms with Crippen molar-refractivity contribution in [2.45, 2.75) is 24.0 Å². The van der Waals surface area contributed by atoms with E-state index < -0.39 is 10.0 Å². The predicted molar refractivity (Wildman–Crippen MR) is 77.4 cm³/mol. The molecule has 0 amide bonds. The SMILES string of the molecule is O=S(=O)(c1cnc[nH]1)N1CCC(Oc2ccccc2)CC1. The fourth-order valence-electron chi connectivity index (χ4n) is 2.41. The summed E-state index contributed by atoms with van der Waals surface area (Å²) < 4.78 is 32.0. The molecule has 0 spiro atoms. The number of aromatic amines is 1. The Balaban J connectivity index is 1.61. The topological polar surface area (TPSA) is 75.3 Å². The van der Waals surface area contributed by atoms with Crippen LogP contribution in [0.25, 0.3) is 0 Å². The Hall–Kier alpha value is -1.86. The molecule has 21 heavy (non-hydrogen) atoms. The molecule has 1 N–H and O–H groups in total. The van der Waals surface area contributed by atoms with Crippen LogP contribution in [0.1, 0.15) is 12.8 Å². The Kier molecular flexibility index (Phi) is 3.94. The van der Waals surface area contributed by atoms with Gasteiger partial charge in [0, 0.05) is 13.1 Å². The van der Waals surface area contributed by atoms with Crippen LogP contribution in [0, 0.1) is 0 Å². The first-order chi connectivity index (χ1) is 10.2. The normalized spacial score (nSPS) is 17.7. The number of hydrogen-bond donors (Lipinski definition) is 1. The number of sulfonamides is 1. The second-order valence-electron chi connectivity index (χ2n) is 4.95. The van der Waals surface area contributed by atoms with E-state index in [1.807, 2.05) is 30.3 Å². The molecule has 2 heterocycles. The van der Waals surface area contributed by atoms with Gasteiger partial charge in [0.05, 0.1) is 12.5 Å². The quantitative estimate of drug-likeness (QED) is 0.932. The number of H-pyrrole nitrogens is 1. The maximum Gasteiger partial charge on any atom is 0.260 e. The highest BCUT2D eigenvalue weighted by Gasteiger charge is 2.30. The van der Waals surface area contributed by atoms with Crippen molar-refractivity contribution < 1.29 is 13.2 Å². The number of nitrogens with one attached hydrogen (secondary N) is 1. The third-order valence-corrected chi connectivity index (χ3v) is 5.36. The van der Waals surface area contributed by atoms with Crippen molar-refractivity contribution >= 4 is 10.0 Å². The van der Waals surface area contributed by atoms with Gasteiger partial charge in [0.25, 0.3) is 10.0 Å². The lowest BCUT2D eigenvalue weighted by molar-refractivity contribution is 0.135. The zero-order valence-corrected chi connectivity index (χ0v) is 12.3. The van der Waals surface area contributed by atoms with Gasteiger partial charge in [-0.15, -0.1) is 0 Å². The van der Waals surface area contributed by atoms with E-state index in [0.717, 1.165) is 5.75 Å². The first-order valence-electron chi connectivity index (χ1n) is 6.86. The van der Waals surface area contributed by atoms with E-state index in [-0.39, 0.29) is 11.1 Å². The molecular formula is C14H17N3O3S. The first-order valence-corrected chi connectivity index (χ1v) is 8.30. The summed E-state index contributed by atoms with van der Waals surface area (Å²) in [5.74, 6) is 0.826. The van der Waals surface area contributed by atoms with Crippen LogP contribution in [0.3, 0.4) is 0 Å². The van der Waals surface area contributed by atoms with Crippen molar-refractivity contribution in [3.05, 3.63) is 42.9 Å². The summed E-state index contributed by atoms with van der Waals surface area (Å²) in [6, 6.07) is 9.61. The minimum atomic E-state index is -3.46. The highest BCUT2D eigenvalue weighted by molar-refractivity contribution is 7.89. The number of hydrogen-bond acceptors (Lipinski definition) is 4. The van der Waals surface area contributed by atoms with Crippen LogP contribution in [0.4, 0.5) is 0 Å². The smallest absolute Gasteiger partial charge is 0.260 e. The van der Waals surface area contributed by atoms with E-state index in [2.05, 4.69) is 9.97 Å². The van der Waals surface area contributed by atoms with Crippen LogP contribution in [0.15, 0.2) is 47.9 Å². The van der Waals surface area contributed by atoms with Crippen LogP contribution in [-0.4, -0.2) is 41.9 Å². The minimum Gasteiger partial charge on any atom is -0.490 e. The minimum absolute atomic E-state index is 0.0561. The number of ether oxygens (including phenoxy) is 1. The predicted octanol–water partition coefficient (Wildman–Crippen LogP) is 1.64. The van der Waals surface area contributed by atoms with Gasteiger partial charge < -0.3 is 9.72 Å². The van der Waals surface area contributed by atoms with Gasteiger partial charge in [0.2, 0.25) is 0 Å². The molecule has 1 fully saturated rings. The lowest BCUT2D eigenvalue weighted by atomic mass is 10.1. The molecule has 2 aromatic rings. The Morgan fingerprint density at radius 1 is 1.19 bits per heavy atom. The molecule has 6 nitrogen and oxygen atoms in total. The first kappa shape index (κ1) is 14.1. The number of para-hydroxylation sites is 1. The molecule has 1 aromatic carbocycles. The third kappa shape index (κ3) is 3.08. The van der Waals surface area contributed by atoms with Crippen LogP contribution in [-0.2, 0) is 10.0 Å². The van der Waals surface area contributed by atoms with E-state index >= 15 is 0 Å². The average molecular weight is 307 g/mol. The number of piperidine rings is 1. The molecular weight excluding hydrogens is 290 g/mol. The van der Waals surface area contributed by atoms with Gasteiger partial charge in [0.15, 0.2) is 5.03 Å². The van der Waals surface area contributed by atoms with E-state index in [9.17, 15) is 8.42 Å². The summed E-state index contributed by atoms with van der Waals surface area (Å²) in [7, 11) is -3.46. The fraction of sp³-hybridized carbons (Fsp3) is 0.357. The maximum absolute atomic E-state index is 12.3. The Morgan fingerprint density at radius 2 is 1.90 bits per heavy atom. The molecule has 0 atom stereocenters. The van der Waals surface area contributed by atoms with Crippen molar-refractivity contribution in [1.29, 1.82) is 0 Å². The van der Waals surface area contributed by atoms with Gasteiger partial charge >= 0.3 is 0 Å². The highest BCUT2D eigenvalue weighted by atomic mass is 32.2. The molecule has 112 valence electrons. The van der Waals surface area contributed by atoms with Crippen molar-refractivity contribution in [2.24, 2.45) is 0 Å². The molecule has 1 saturated heterocycles. The molecule has 7 heteroatoms. The summed E-state index contributed by atoms with van der Waals surface area (Å²) in [5, 5.41) is 0.143. The Bertz CT molecular complexity index is 663. The van der Waals surface area contributed by atoms with Crippen LogP contribution in [0.2, 0.25) is 0 Å². The maximum atomic E-state index is 12.3. The Morgan fingerprint density at radius 3 is 2.52 bits per heavy atom. The monoisotopic (exact) mass is 307 g/mol. The zero-order chi connectivity index (χ0) is 14.7. The second-order valence-corrected chi connectivity index (χ2v) is 6.86. The molecule has 0 bridgehead atoms. The van der Waals surface area contributed by atoms with Crippen LogP contribution < -0.4 is 4.74 Å². The molecule has 0 radical (unpaired) electrons. The molecule has 3 rings (SSSR count). The van der Waals surface area contributed by atoms with Gasteiger partial charge in [-0.05, 0) is 25.0 Å². The number of imidazole rings is 1. The van der Waals surface area contributed by atoms with E-state index in [0.29, 0.717) is 25.9 Å². The molecule has 0 aliphatic carbocycles. The average Bonchev–Trinajstić information content (AvgIpc) is 3.04. The molecule has 1 aliphatic heterocycles. The second kappa shape index (κ2) is 5.87. The highest BCUT2D eigenvalue weighted by Crippen LogP contribution is 2.22. The van der Waals surface area contributed by atoms with Gasteiger partial charge in [-0.2, -0.15) is 4.31 Å². The van der Waals surface area contributed by atoms with E-state index in [1.165, 1.54) is 16.8 Å². The van der Waals surface area contributed by atoms with Gasteiger partial charge in [-0.1, -0.05) is 18.2 Å². The van der Waals surface area contributed by atoms with Crippen molar-refractivity contribution in [3.8, 4) is 5.75 Å². The zero-order valence-electron chi connectivity index (χ0n) is 11.5. The molecule has 1 aliphatic rings. The molecule has 0 unspecified atom stereocenters. The van der Waals surface area contributed by atoms with Crippen molar-refractivity contribution in [1.82, 2.24) is 14.3 Å². The standard InChI is InChI=1S/C14H17N3O3S/c18-21(19,14-10-15-11-16-14)17-8-6-13(7-9-17)20-12-4-2-1-3-5-12/h1-5,10-11,13H,6-9H2,(H,15,16). The van der Waals surface area contributed by atoms with Gasteiger partial charge in [0.1, 0.15) is 11.9 Å². The summed E-state index contributed by atoms with van der Waals surface area (Å²) >= 11 is 0. The number of rotatable bonds is 4. The van der Waals surface area contributed by atoms with E-state index in [4.69, 9.17) is 4.74 Å². The Labute approximate surface area is 123 Å². The lowest BCUT2D eigenvalue weighted by Gasteiger charge is -2.30. The van der Waals surface area contributed by atoms with E-state index in [1.54, 1.807) is 0 Å². The van der Waals surface area contributed by atoms with Crippen molar-refractivity contribution in [2.75, 3.05) is 13.1 Å². The summed E-state index contributed by atoms with van der Waals surface area (Å²) in [6.07, 6.45) is 4.13. The van der Waals surface area contributed by atoms with Crippen LogP contribution in [0.5, 0.6) is 5.75 Å². The summed E-state index contributed by atoms with van der Waals surface area (Å²) in [4.78, 5) is 6.42. The van der Waals surface area contributed by atoms with Gasteiger partial charge in [-0.3, -0.25) is 0 Å². The fourth-order valence-corrected chi connectivity index (χ4v) is 3.77. The molecule has 0 saturated carbocycles. The summed E-state index contributed by atoms with van der Waals surface area (Å²) in [5.41, 5.74) is 0. The number of aromatic nitrogens is 2. The molecule has 1 aromatic heterocycles. The van der Waals surface area contributed by atoms with Gasteiger partial charge in [-0.25, -0.2) is 13.4 Å². The third-order valence-electron chi connectivity index (χ3n) is 3.54. The summed E-state index contributed by atoms with van der Waals surface area (Å²) in [6.45, 7) is 0.914. The number of benzene rings is 1. The van der Waals surface area contributed by atoms with Crippen molar-refractivity contribution in [3.63, 3.8) is 0 Å². The largest absolute Gasteiger partial charge is 0.490 e.